The van der Waals surface area contributed by atoms with E-state index in [2.05, 4.69) is 57.2 Å². The van der Waals surface area contributed by atoms with Crippen molar-refractivity contribution in [1.82, 2.24) is 0 Å². The Kier molecular flexibility index (Phi) is 2.07. The summed E-state index contributed by atoms with van der Waals surface area (Å²) >= 11 is 0. The first-order valence-electron chi connectivity index (χ1n) is 5.34. The highest BCUT2D eigenvalue weighted by Crippen LogP contribution is 2.40. The van der Waals surface area contributed by atoms with Gasteiger partial charge in [-0.05, 0) is 32.4 Å². The average Bonchev–Trinajstić information content (AvgIpc) is 2.36. The highest BCUT2D eigenvalue weighted by molar-refractivity contribution is 6.02. The third-order valence-electron chi connectivity index (χ3n) is 3.43. The number of benzene rings is 1. The van der Waals surface area contributed by atoms with E-state index in [1.165, 1.54) is 22.5 Å². The first kappa shape index (κ1) is 10.2. The van der Waals surface area contributed by atoms with E-state index in [9.17, 15) is 0 Å². The number of aryl methyl sites for hydroxylation is 1. The van der Waals surface area contributed by atoms with E-state index in [4.69, 9.17) is 0 Å². The van der Waals surface area contributed by atoms with Crippen molar-refractivity contribution in [2.45, 2.75) is 26.2 Å². The van der Waals surface area contributed by atoms with Crippen molar-refractivity contribution in [3.8, 4) is 0 Å². The average molecular weight is 200 g/mol. The summed E-state index contributed by atoms with van der Waals surface area (Å²) in [5, 5.41) is 0. The Morgan fingerprint density at radius 1 is 1.33 bits per heavy atom. The lowest BCUT2D eigenvalue weighted by molar-refractivity contribution is -0.401. The molecule has 0 bridgehead atoms. The number of hydrogen-bond acceptors (Lipinski definition) is 0. The Balaban J connectivity index is 2.80. The lowest BCUT2D eigenvalue weighted by atomic mass is 9.79. The molecule has 0 amide bonds. The van der Waals surface area contributed by atoms with Gasteiger partial charge in [0.15, 0.2) is 5.71 Å². The van der Waals surface area contributed by atoms with E-state index in [0.717, 1.165) is 0 Å². The lowest BCUT2D eigenvalue weighted by Crippen LogP contribution is -2.27. The van der Waals surface area contributed by atoms with Gasteiger partial charge in [-0.15, -0.1) is 0 Å². The van der Waals surface area contributed by atoms with Gasteiger partial charge in [0.1, 0.15) is 7.05 Å². The van der Waals surface area contributed by atoms with E-state index >= 15 is 0 Å². The van der Waals surface area contributed by atoms with Crippen LogP contribution in [-0.2, 0) is 5.41 Å². The first-order valence-corrected chi connectivity index (χ1v) is 5.34. The van der Waals surface area contributed by atoms with Crippen molar-refractivity contribution in [2.24, 2.45) is 0 Å². The molecule has 0 fully saturated rings. The van der Waals surface area contributed by atoms with Crippen LogP contribution in [0.3, 0.4) is 0 Å². The first-order chi connectivity index (χ1) is 7.00. The third kappa shape index (κ3) is 1.19. The monoisotopic (exact) mass is 200 g/mol. The Bertz CT molecular complexity index is 464. The highest BCUT2D eigenvalue weighted by atomic mass is 15.0. The highest BCUT2D eigenvalue weighted by Gasteiger charge is 2.43. The molecular weight excluding hydrogens is 182 g/mol. The molecule has 1 heterocycles. The van der Waals surface area contributed by atoms with Crippen LogP contribution in [0.1, 0.15) is 25.0 Å². The van der Waals surface area contributed by atoms with Crippen LogP contribution in [0, 0.1) is 6.92 Å². The molecule has 1 aromatic carbocycles. The van der Waals surface area contributed by atoms with Crippen molar-refractivity contribution in [1.29, 1.82) is 0 Å². The van der Waals surface area contributed by atoms with Crippen LogP contribution in [0.2, 0.25) is 0 Å². The molecule has 1 heteroatoms. The standard InChI is InChI=1S/C14H18N/c1-6-12-14(3,4)13-10(2)8-7-9-11(13)15(12)5/h6-9H,1H2,2-5H3/q+1. The van der Waals surface area contributed by atoms with Crippen LogP contribution in [-0.4, -0.2) is 17.3 Å². The second-order valence-corrected chi connectivity index (χ2v) is 4.74. The Morgan fingerprint density at radius 3 is 2.53 bits per heavy atom. The zero-order valence-electron chi connectivity index (χ0n) is 9.96. The minimum atomic E-state index is 0.0805. The van der Waals surface area contributed by atoms with Gasteiger partial charge in [-0.3, -0.25) is 0 Å². The number of nitrogens with zero attached hydrogens (tertiary/aromatic N) is 1. The van der Waals surface area contributed by atoms with Crippen LogP contribution in [0.15, 0.2) is 30.9 Å². The lowest BCUT2D eigenvalue weighted by Gasteiger charge is -2.17. The van der Waals surface area contributed by atoms with E-state index < -0.39 is 0 Å². The van der Waals surface area contributed by atoms with E-state index in [0.29, 0.717) is 0 Å². The van der Waals surface area contributed by atoms with E-state index in [1.54, 1.807) is 0 Å². The molecule has 1 aliphatic rings. The van der Waals surface area contributed by atoms with Crippen LogP contribution in [0.4, 0.5) is 5.69 Å². The maximum absolute atomic E-state index is 3.92. The van der Waals surface area contributed by atoms with Crippen molar-refractivity contribution in [2.75, 3.05) is 7.05 Å². The van der Waals surface area contributed by atoms with Gasteiger partial charge >= 0.3 is 0 Å². The summed E-state index contributed by atoms with van der Waals surface area (Å²) in [5.41, 5.74) is 5.47. The summed E-state index contributed by atoms with van der Waals surface area (Å²) < 4.78 is 2.25. The topological polar surface area (TPSA) is 3.01 Å². The fraction of sp³-hybridized carbons (Fsp3) is 0.357. The largest absolute Gasteiger partial charge is 0.209 e. The fourth-order valence-corrected chi connectivity index (χ4v) is 2.81. The molecule has 78 valence electrons. The Labute approximate surface area is 91.8 Å². The van der Waals surface area contributed by atoms with Crippen LogP contribution < -0.4 is 0 Å². The number of rotatable bonds is 1. The van der Waals surface area contributed by atoms with Crippen molar-refractivity contribution in [3.05, 3.63) is 42.0 Å². The number of hydrogen-bond donors (Lipinski definition) is 0. The zero-order chi connectivity index (χ0) is 11.2. The summed E-state index contributed by atoms with van der Waals surface area (Å²) in [6, 6.07) is 6.48. The van der Waals surface area contributed by atoms with E-state index in [1.807, 2.05) is 6.08 Å². The Morgan fingerprint density at radius 2 is 2.00 bits per heavy atom. The van der Waals surface area contributed by atoms with Gasteiger partial charge in [0, 0.05) is 11.6 Å². The third-order valence-corrected chi connectivity index (χ3v) is 3.43. The molecule has 0 saturated heterocycles. The molecule has 0 aliphatic carbocycles. The second kappa shape index (κ2) is 3.06. The fourth-order valence-electron chi connectivity index (χ4n) is 2.81. The van der Waals surface area contributed by atoms with Crippen LogP contribution >= 0.6 is 0 Å². The van der Waals surface area contributed by atoms with Crippen molar-refractivity contribution < 1.29 is 4.58 Å². The van der Waals surface area contributed by atoms with Gasteiger partial charge in [0.25, 0.3) is 0 Å². The molecule has 0 N–H and O–H groups in total. The van der Waals surface area contributed by atoms with Gasteiger partial charge in [-0.2, -0.15) is 4.58 Å². The SMILES string of the molecule is C=CC1=[N+](C)c2cccc(C)c2C1(C)C. The number of allylic oxidation sites excluding steroid dienone is 1. The second-order valence-electron chi connectivity index (χ2n) is 4.74. The van der Waals surface area contributed by atoms with Gasteiger partial charge in [-0.25, -0.2) is 0 Å². The molecule has 0 aromatic heterocycles. The van der Waals surface area contributed by atoms with Gasteiger partial charge in [0.05, 0.1) is 5.41 Å². The minimum absolute atomic E-state index is 0.0805. The van der Waals surface area contributed by atoms with Gasteiger partial charge in [-0.1, -0.05) is 18.7 Å². The molecule has 0 unspecified atom stereocenters. The van der Waals surface area contributed by atoms with Crippen molar-refractivity contribution >= 4 is 11.4 Å². The summed E-state index contributed by atoms with van der Waals surface area (Å²) in [5.74, 6) is 0. The predicted octanol–water partition coefficient (Wildman–Crippen LogP) is 3.19. The quantitative estimate of drug-likeness (QED) is 0.612. The zero-order valence-corrected chi connectivity index (χ0v) is 9.96. The molecule has 1 aliphatic heterocycles. The molecule has 1 aromatic rings. The van der Waals surface area contributed by atoms with Crippen LogP contribution in [0.25, 0.3) is 0 Å². The van der Waals surface area contributed by atoms with Crippen LogP contribution in [0.5, 0.6) is 0 Å². The summed E-state index contributed by atoms with van der Waals surface area (Å²) in [6.45, 7) is 10.6. The minimum Gasteiger partial charge on any atom is -0.198 e. The molecular formula is C14H18N+. The molecule has 2 rings (SSSR count). The summed E-state index contributed by atoms with van der Waals surface area (Å²) in [7, 11) is 2.12. The Hall–Kier alpha value is -1.37. The molecule has 0 radical (unpaired) electrons. The summed E-state index contributed by atoms with van der Waals surface area (Å²) in [6.07, 6.45) is 1.97. The molecule has 1 nitrogen and oxygen atoms in total. The molecule has 15 heavy (non-hydrogen) atoms. The van der Waals surface area contributed by atoms with Crippen molar-refractivity contribution in [3.63, 3.8) is 0 Å². The number of fused-ring (bicyclic) bond motifs is 1. The normalized spacial score (nSPS) is 17.9. The van der Waals surface area contributed by atoms with E-state index in [-0.39, 0.29) is 5.41 Å². The summed E-state index contributed by atoms with van der Waals surface area (Å²) in [4.78, 5) is 0. The maximum Gasteiger partial charge on any atom is 0.209 e. The van der Waals surface area contributed by atoms with Gasteiger partial charge in [0.2, 0.25) is 5.69 Å². The molecule has 0 atom stereocenters. The smallest absolute Gasteiger partial charge is 0.198 e. The molecule has 0 saturated carbocycles. The maximum atomic E-state index is 3.92. The molecule has 0 spiro atoms. The predicted molar refractivity (Wildman–Crippen MR) is 65.3 cm³/mol. The van der Waals surface area contributed by atoms with Gasteiger partial charge < -0.3 is 0 Å².